The molecule has 2 bridgehead atoms. The molecule has 70 valence electrons. The summed E-state index contributed by atoms with van der Waals surface area (Å²) in [7, 11) is 0. The molecule has 0 heterocycles. The van der Waals surface area contributed by atoms with Gasteiger partial charge in [-0.3, -0.25) is 0 Å². The maximum Gasteiger partial charge on any atom is 0.00142 e. The van der Waals surface area contributed by atoms with E-state index in [-0.39, 0.29) is 12.4 Å². The number of allylic oxidation sites excluding steroid dienone is 1. The van der Waals surface area contributed by atoms with Crippen LogP contribution in [0.15, 0.2) is 12.2 Å². The topological polar surface area (TPSA) is 26.0 Å². The van der Waals surface area contributed by atoms with Crippen LogP contribution in [0, 0.1) is 10.8 Å². The fourth-order valence-corrected chi connectivity index (χ4v) is 2.30. The first-order valence-electron chi connectivity index (χ1n) is 4.59. The van der Waals surface area contributed by atoms with Gasteiger partial charge in [0.05, 0.1) is 0 Å². The van der Waals surface area contributed by atoms with Crippen molar-refractivity contribution < 1.29 is 0 Å². The van der Waals surface area contributed by atoms with Gasteiger partial charge in [-0.2, -0.15) is 0 Å². The summed E-state index contributed by atoms with van der Waals surface area (Å²) >= 11 is 0. The van der Waals surface area contributed by atoms with Crippen molar-refractivity contribution in [2.45, 2.75) is 32.6 Å². The summed E-state index contributed by atoms with van der Waals surface area (Å²) in [6, 6.07) is 0. The third-order valence-corrected chi connectivity index (χ3v) is 3.63. The van der Waals surface area contributed by atoms with Gasteiger partial charge in [0, 0.05) is 12.0 Å². The lowest BCUT2D eigenvalue weighted by Gasteiger charge is -2.46. The Morgan fingerprint density at radius 2 is 1.75 bits per heavy atom. The molecule has 12 heavy (non-hydrogen) atoms. The highest BCUT2D eigenvalue weighted by molar-refractivity contribution is 5.85. The summed E-state index contributed by atoms with van der Waals surface area (Å²) in [5.41, 5.74) is 6.69. The SMILES string of the molecule is CC12C=CC(CN)(CC1)CC2.Cl. The normalized spacial score (nSPS) is 44.2. The molecule has 0 amide bonds. The van der Waals surface area contributed by atoms with E-state index >= 15 is 0 Å². The van der Waals surface area contributed by atoms with E-state index in [0.29, 0.717) is 10.8 Å². The molecular formula is C10H18ClN. The summed E-state index contributed by atoms with van der Waals surface area (Å²) in [6.07, 6.45) is 10.1. The Hall–Kier alpha value is -0.0100. The van der Waals surface area contributed by atoms with Gasteiger partial charge in [0.2, 0.25) is 0 Å². The van der Waals surface area contributed by atoms with Crippen molar-refractivity contribution in [2.24, 2.45) is 16.6 Å². The summed E-state index contributed by atoms with van der Waals surface area (Å²) < 4.78 is 0. The van der Waals surface area contributed by atoms with E-state index in [1.807, 2.05) is 0 Å². The van der Waals surface area contributed by atoms with Crippen molar-refractivity contribution in [1.82, 2.24) is 0 Å². The smallest absolute Gasteiger partial charge is 0.00142 e. The van der Waals surface area contributed by atoms with Crippen LogP contribution in [0.2, 0.25) is 0 Å². The molecule has 0 saturated heterocycles. The monoisotopic (exact) mass is 187 g/mol. The Morgan fingerprint density at radius 3 is 2.08 bits per heavy atom. The number of nitrogens with two attached hydrogens (primary N) is 1. The third-order valence-electron chi connectivity index (χ3n) is 3.63. The minimum atomic E-state index is 0. The maximum absolute atomic E-state index is 5.77. The average molecular weight is 188 g/mol. The zero-order valence-electron chi connectivity index (χ0n) is 7.68. The Balaban J connectivity index is 0.000000720. The standard InChI is InChI=1S/C10H17N.ClH/c1-9-2-5-10(8-11,6-3-9)7-4-9;/h2,5H,3-4,6-8,11H2,1H3;1H. The molecule has 0 aromatic heterocycles. The average Bonchev–Trinajstić information content (AvgIpc) is 2.07. The zero-order valence-corrected chi connectivity index (χ0v) is 8.49. The predicted molar refractivity (Wildman–Crippen MR) is 54.5 cm³/mol. The first-order chi connectivity index (χ1) is 5.18. The lowest BCUT2D eigenvalue weighted by Crippen LogP contribution is -2.40. The summed E-state index contributed by atoms with van der Waals surface area (Å²) in [5.74, 6) is 0. The zero-order chi connectivity index (χ0) is 7.95. The van der Waals surface area contributed by atoms with Crippen LogP contribution in [0.3, 0.4) is 0 Å². The molecule has 3 aliphatic rings. The summed E-state index contributed by atoms with van der Waals surface area (Å²) in [4.78, 5) is 0. The first-order valence-corrected chi connectivity index (χ1v) is 4.59. The van der Waals surface area contributed by atoms with Crippen LogP contribution < -0.4 is 5.73 Å². The molecule has 0 atom stereocenters. The Bertz CT molecular complexity index is 190. The van der Waals surface area contributed by atoms with Gasteiger partial charge in [0.1, 0.15) is 0 Å². The van der Waals surface area contributed by atoms with Crippen molar-refractivity contribution in [2.75, 3.05) is 6.54 Å². The molecule has 0 spiro atoms. The number of halogens is 1. The molecule has 1 nitrogen and oxygen atoms in total. The molecule has 2 N–H and O–H groups in total. The van der Waals surface area contributed by atoms with E-state index < -0.39 is 0 Å². The van der Waals surface area contributed by atoms with Gasteiger partial charge in [0.25, 0.3) is 0 Å². The Morgan fingerprint density at radius 1 is 1.17 bits per heavy atom. The summed E-state index contributed by atoms with van der Waals surface area (Å²) in [6.45, 7) is 3.21. The molecule has 1 fully saturated rings. The molecular weight excluding hydrogens is 170 g/mol. The van der Waals surface area contributed by atoms with Gasteiger partial charge in [-0.15, -0.1) is 12.4 Å². The number of rotatable bonds is 1. The minimum absolute atomic E-state index is 0. The third kappa shape index (κ3) is 1.40. The van der Waals surface area contributed by atoms with Gasteiger partial charge in [0.15, 0.2) is 0 Å². The van der Waals surface area contributed by atoms with Crippen molar-refractivity contribution in [3.8, 4) is 0 Å². The van der Waals surface area contributed by atoms with Gasteiger partial charge in [-0.25, -0.2) is 0 Å². The second-order valence-corrected chi connectivity index (χ2v) is 4.55. The molecule has 0 radical (unpaired) electrons. The molecule has 0 aromatic rings. The quantitative estimate of drug-likeness (QED) is 0.628. The molecule has 0 aromatic carbocycles. The molecule has 3 aliphatic carbocycles. The molecule has 1 saturated carbocycles. The van der Waals surface area contributed by atoms with E-state index in [9.17, 15) is 0 Å². The van der Waals surface area contributed by atoms with Crippen molar-refractivity contribution in [1.29, 1.82) is 0 Å². The van der Waals surface area contributed by atoms with Crippen molar-refractivity contribution >= 4 is 12.4 Å². The van der Waals surface area contributed by atoms with Crippen LogP contribution in [0.5, 0.6) is 0 Å². The van der Waals surface area contributed by atoms with E-state index in [4.69, 9.17) is 5.73 Å². The molecule has 0 unspecified atom stereocenters. The summed E-state index contributed by atoms with van der Waals surface area (Å²) in [5, 5.41) is 0. The highest BCUT2D eigenvalue weighted by Crippen LogP contribution is 2.51. The van der Waals surface area contributed by atoms with Gasteiger partial charge in [-0.05, 0) is 31.1 Å². The second-order valence-electron chi connectivity index (χ2n) is 4.55. The van der Waals surface area contributed by atoms with E-state index in [0.717, 1.165) is 6.54 Å². The minimum Gasteiger partial charge on any atom is -0.330 e. The Kier molecular flexibility index (Phi) is 2.55. The Labute approximate surface area is 80.8 Å². The first kappa shape index (κ1) is 10.1. The number of fused-ring (bicyclic) bond motifs is 2. The van der Waals surface area contributed by atoms with Crippen LogP contribution in [0.4, 0.5) is 0 Å². The van der Waals surface area contributed by atoms with Crippen LogP contribution >= 0.6 is 12.4 Å². The number of hydrogen-bond acceptors (Lipinski definition) is 1. The van der Waals surface area contributed by atoms with Crippen molar-refractivity contribution in [3.05, 3.63) is 12.2 Å². The molecule has 2 heteroatoms. The maximum atomic E-state index is 5.77. The lowest BCUT2D eigenvalue weighted by molar-refractivity contribution is 0.143. The van der Waals surface area contributed by atoms with Gasteiger partial charge < -0.3 is 5.73 Å². The largest absolute Gasteiger partial charge is 0.330 e. The molecule has 3 rings (SSSR count). The highest BCUT2D eigenvalue weighted by Gasteiger charge is 2.40. The fourth-order valence-electron chi connectivity index (χ4n) is 2.30. The van der Waals surface area contributed by atoms with Gasteiger partial charge in [-0.1, -0.05) is 19.1 Å². The van der Waals surface area contributed by atoms with E-state index in [2.05, 4.69) is 19.1 Å². The second kappa shape index (κ2) is 3.04. The van der Waals surface area contributed by atoms with Crippen LogP contribution in [0.25, 0.3) is 0 Å². The predicted octanol–water partition coefficient (Wildman–Crippen LogP) is 2.50. The van der Waals surface area contributed by atoms with E-state index in [1.165, 1.54) is 25.7 Å². The molecule has 0 aliphatic heterocycles. The van der Waals surface area contributed by atoms with Crippen molar-refractivity contribution in [3.63, 3.8) is 0 Å². The highest BCUT2D eigenvalue weighted by atomic mass is 35.5. The van der Waals surface area contributed by atoms with Gasteiger partial charge >= 0.3 is 0 Å². The fraction of sp³-hybridized carbons (Fsp3) is 0.800. The van der Waals surface area contributed by atoms with E-state index in [1.54, 1.807) is 0 Å². The van der Waals surface area contributed by atoms with Crippen LogP contribution in [-0.4, -0.2) is 6.54 Å². The van der Waals surface area contributed by atoms with Crippen LogP contribution in [-0.2, 0) is 0 Å². The van der Waals surface area contributed by atoms with Crippen LogP contribution in [0.1, 0.15) is 32.6 Å². The lowest BCUT2D eigenvalue weighted by atomic mass is 9.59. The number of hydrogen-bond donors (Lipinski definition) is 1.